The van der Waals surface area contributed by atoms with Crippen LogP contribution in [0, 0.1) is 6.92 Å². The average Bonchev–Trinajstić information content (AvgIpc) is 2.81. The molecule has 0 saturated carbocycles. The molecule has 3 N–H and O–H groups in total. The Bertz CT molecular complexity index is 619. The molecule has 0 fully saturated rings. The number of amides is 1. The number of aromatic nitrogens is 2. The molecular weight excluding hydrogens is 256 g/mol. The topological polar surface area (TPSA) is 94.0 Å². The highest BCUT2D eigenvalue weighted by molar-refractivity contribution is 5.94. The van der Waals surface area contributed by atoms with E-state index in [0.717, 1.165) is 5.69 Å². The minimum atomic E-state index is -0.207. The van der Waals surface area contributed by atoms with Crippen LogP contribution in [0.4, 0.5) is 5.82 Å². The van der Waals surface area contributed by atoms with Gasteiger partial charge in [-0.15, -0.1) is 0 Å². The van der Waals surface area contributed by atoms with E-state index in [4.69, 9.17) is 10.3 Å². The first-order valence-electron chi connectivity index (χ1n) is 6.43. The van der Waals surface area contributed by atoms with Crippen LogP contribution < -0.4 is 11.1 Å². The smallest absolute Gasteiger partial charge is 0.251 e. The van der Waals surface area contributed by atoms with Crippen LogP contribution in [0.25, 0.3) is 0 Å². The molecule has 2 aromatic heterocycles. The molecule has 2 rings (SSSR count). The van der Waals surface area contributed by atoms with Crippen molar-refractivity contribution >= 4 is 11.7 Å². The molecule has 0 aromatic carbocycles. The zero-order valence-corrected chi connectivity index (χ0v) is 11.8. The standard InChI is InChI=1S/C14H18N4O2/c1-8(2)12-5-10(6-13(15)17-12)14(19)16-7-11-4-9(3)20-18-11/h4-6,8H,7H2,1-3H3,(H2,15,17)(H,16,19). The van der Waals surface area contributed by atoms with E-state index in [1.807, 2.05) is 13.8 Å². The second-order valence-electron chi connectivity index (χ2n) is 4.97. The Morgan fingerprint density at radius 1 is 1.40 bits per heavy atom. The molecule has 0 spiro atoms. The van der Waals surface area contributed by atoms with Gasteiger partial charge in [-0.25, -0.2) is 4.98 Å². The maximum Gasteiger partial charge on any atom is 0.251 e. The Kier molecular flexibility index (Phi) is 4.02. The molecule has 1 amide bonds. The lowest BCUT2D eigenvalue weighted by Gasteiger charge is -2.09. The van der Waals surface area contributed by atoms with Gasteiger partial charge in [0.25, 0.3) is 5.91 Å². The van der Waals surface area contributed by atoms with E-state index in [-0.39, 0.29) is 11.8 Å². The number of rotatable bonds is 4. The van der Waals surface area contributed by atoms with Gasteiger partial charge >= 0.3 is 0 Å². The Labute approximate surface area is 117 Å². The van der Waals surface area contributed by atoms with Crippen molar-refractivity contribution in [2.75, 3.05) is 5.73 Å². The van der Waals surface area contributed by atoms with Gasteiger partial charge < -0.3 is 15.6 Å². The summed E-state index contributed by atoms with van der Waals surface area (Å²) in [5, 5.41) is 6.60. The van der Waals surface area contributed by atoms with Crippen LogP contribution in [-0.2, 0) is 6.54 Å². The molecule has 20 heavy (non-hydrogen) atoms. The summed E-state index contributed by atoms with van der Waals surface area (Å²) in [5.41, 5.74) is 7.71. The van der Waals surface area contributed by atoms with E-state index in [2.05, 4.69) is 15.5 Å². The van der Waals surface area contributed by atoms with Crippen LogP contribution in [0.15, 0.2) is 22.7 Å². The monoisotopic (exact) mass is 274 g/mol. The van der Waals surface area contributed by atoms with Crippen molar-refractivity contribution in [3.63, 3.8) is 0 Å². The van der Waals surface area contributed by atoms with Crippen LogP contribution in [-0.4, -0.2) is 16.0 Å². The molecule has 2 heterocycles. The minimum Gasteiger partial charge on any atom is -0.384 e. The second kappa shape index (κ2) is 5.73. The fourth-order valence-corrected chi connectivity index (χ4v) is 1.77. The molecular formula is C14H18N4O2. The highest BCUT2D eigenvalue weighted by atomic mass is 16.5. The van der Waals surface area contributed by atoms with Crippen molar-refractivity contribution in [3.05, 3.63) is 40.9 Å². The normalized spacial score (nSPS) is 10.8. The van der Waals surface area contributed by atoms with E-state index in [1.54, 1.807) is 25.1 Å². The van der Waals surface area contributed by atoms with Gasteiger partial charge in [-0.1, -0.05) is 19.0 Å². The molecule has 0 aliphatic heterocycles. The summed E-state index contributed by atoms with van der Waals surface area (Å²) in [4.78, 5) is 16.3. The van der Waals surface area contributed by atoms with Gasteiger partial charge in [-0.3, -0.25) is 4.79 Å². The summed E-state index contributed by atoms with van der Waals surface area (Å²) in [6, 6.07) is 5.10. The highest BCUT2D eigenvalue weighted by Gasteiger charge is 2.11. The number of nitrogens with two attached hydrogens (primary N) is 1. The molecule has 0 aliphatic rings. The molecule has 0 saturated heterocycles. The van der Waals surface area contributed by atoms with Gasteiger partial charge in [0.2, 0.25) is 0 Å². The Morgan fingerprint density at radius 3 is 2.75 bits per heavy atom. The zero-order chi connectivity index (χ0) is 14.7. The first-order valence-corrected chi connectivity index (χ1v) is 6.43. The lowest BCUT2D eigenvalue weighted by molar-refractivity contribution is 0.0950. The van der Waals surface area contributed by atoms with Crippen molar-refractivity contribution in [2.24, 2.45) is 0 Å². The lowest BCUT2D eigenvalue weighted by Crippen LogP contribution is -2.23. The van der Waals surface area contributed by atoms with Gasteiger partial charge in [-0.05, 0) is 25.0 Å². The first-order chi connectivity index (χ1) is 9.45. The maximum atomic E-state index is 12.1. The van der Waals surface area contributed by atoms with Crippen molar-refractivity contribution in [1.29, 1.82) is 0 Å². The van der Waals surface area contributed by atoms with Crippen molar-refractivity contribution in [1.82, 2.24) is 15.5 Å². The summed E-state index contributed by atoms with van der Waals surface area (Å²) in [6.45, 7) is 6.12. The van der Waals surface area contributed by atoms with Gasteiger partial charge in [-0.2, -0.15) is 0 Å². The number of nitrogens with zero attached hydrogens (tertiary/aromatic N) is 2. The van der Waals surface area contributed by atoms with Crippen molar-refractivity contribution in [3.8, 4) is 0 Å². The van der Waals surface area contributed by atoms with Gasteiger partial charge in [0.1, 0.15) is 17.3 Å². The molecule has 6 heteroatoms. The molecule has 0 bridgehead atoms. The van der Waals surface area contributed by atoms with Gasteiger partial charge in [0.05, 0.1) is 6.54 Å². The van der Waals surface area contributed by atoms with E-state index in [9.17, 15) is 4.79 Å². The lowest BCUT2D eigenvalue weighted by atomic mass is 10.1. The average molecular weight is 274 g/mol. The molecule has 6 nitrogen and oxygen atoms in total. The van der Waals surface area contributed by atoms with Gasteiger partial charge in [0, 0.05) is 17.3 Å². The van der Waals surface area contributed by atoms with E-state index >= 15 is 0 Å². The van der Waals surface area contributed by atoms with E-state index in [0.29, 0.717) is 29.4 Å². The Balaban J connectivity index is 2.09. The number of aryl methyl sites for hydroxylation is 1. The molecule has 0 atom stereocenters. The number of anilines is 1. The number of nitrogen functional groups attached to an aromatic ring is 1. The van der Waals surface area contributed by atoms with Crippen LogP contribution in [0.5, 0.6) is 0 Å². The second-order valence-corrected chi connectivity index (χ2v) is 4.97. The van der Waals surface area contributed by atoms with Crippen LogP contribution in [0.2, 0.25) is 0 Å². The summed E-state index contributed by atoms with van der Waals surface area (Å²) < 4.78 is 4.94. The predicted octanol–water partition coefficient (Wildman–Crippen LogP) is 2.01. The van der Waals surface area contributed by atoms with Gasteiger partial charge in [0.15, 0.2) is 0 Å². The highest BCUT2D eigenvalue weighted by Crippen LogP contribution is 2.16. The van der Waals surface area contributed by atoms with E-state index < -0.39 is 0 Å². The third-order valence-electron chi connectivity index (χ3n) is 2.83. The van der Waals surface area contributed by atoms with E-state index in [1.165, 1.54) is 0 Å². The number of nitrogens with one attached hydrogen (secondary N) is 1. The Hall–Kier alpha value is -2.37. The summed E-state index contributed by atoms with van der Waals surface area (Å²) in [7, 11) is 0. The summed E-state index contributed by atoms with van der Waals surface area (Å²) in [5.74, 6) is 1.06. The largest absolute Gasteiger partial charge is 0.384 e. The number of carbonyl (C=O) groups excluding carboxylic acids is 1. The fraction of sp³-hybridized carbons (Fsp3) is 0.357. The van der Waals surface area contributed by atoms with Crippen molar-refractivity contribution in [2.45, 2.75) is 33.2 Å². The quantitative estimate of drug-likeness (QED) is 0.889. The molecule has 0 unspecified atom stereocenters. The summed E-state index contributed by atoms with van der Waals surface area (Å²) in [6.07, 6.45) is 0. The maximum absolute atomic E-state index is 12.1. The first kappa shape index (κ1) is 14.0. The molecule has 0 aliphatic carbocycles. The number of carbonyl (C=O) groups is 1. The third kappa shape index (κ3) is 3.34. The number of hydrogen-bond donors (Lipinski definition) is 2. The molecule has 106 valence electrons. The van der Waals surface area contributed by atoms with Crippen LogP contribution in [0.1, 0.15) is 47.3 Å². The third-order valence-corrected chi connectivity index (χ3v) is 2.83. The fourth-order valence-electron chi connectivity index (χ4n) is 1.77. The Morgan fingerprint density at radius 2 is 2.15 bits per heavy atom. The molecule has 2 aromatic rings. The molecule has 0 radical (unpaired) electrons. The number of hydrogen-bond acceptors (Lipinski definition) is 5. The zero-order valence-electron chi connectivity index (χ0n) is 11.8. The minimum absolute atomic E-state index is 0.207. The van der Waals surface area contributed by atoms with Crippen LogP contribution >= 0.6 is 0 Å². The predicted molar refractivity (Wildman–Crippen MR) is 75.1 cm³/mol. The number of pyridine rings is 1. The summed E-state index contributed by atoms with van der Waals surface area (Å²) >= 11 is 0. The van der Waals surface area contributed by atoms with Crippen LogP contribution in [0.3, 0.4) is 0 Å². The van der Waals surface area contributed by atoms with Crippen molar-refractivity contribution < 1.29 is 9.32 Å². The SMILES string of the molecule is Cc1cc(CNC(=O)c2cc(N)nc(C(C)C)c2)no1.